The molecule has 0 spiro atoms. The van der Waals surface area contributed by atoms with E-state index in [-0.39, 0.29) is 5.56 Å². The van der Waals surface area contributed by atoms with Crippen molar-refractivity contribution in [3.63, 3.8) is 0 Å². The molecule has 1 aromatic heterocycles. The fourth-order valence-corrected chi connectivity index (χ4v) is 2.37. The van der Waals surface area contributed by atoms with Gasteiger partial charge in [0.15, 0.2) is 0 Å². The summed E-state index contributed by atoms with van der Waals surface area (Å²) in [5.41, 5.74) is 2.40. The largest absolute Gasteiger partial charge is 0.496 e. The molecule has 0 amide bonds. The zero-order chi connectivity index (χ0) is 14.8. The Labute approximate surface area is 121 Å². The van der Waals surface area contributed by atoms with Gasteiger partial charge in [-0.05, 0) is 18.2 Å². The number of nitrogens with one attached hydrogen (secondary N) is 1. The monoisotopic (exact) mass is 282 g/mol. The van der Waals surface area contributed by atoms with Gasteiger partial charge < -0.3 is 14.8 Å². The van der Waals surface area contributed by atoms with Crippen LogP contribution in [0, 0.1) is 0 Å². The van der Waals surface area contributed by atoms with Gasteiger partial charge >= 0.3 is 5.97 Å². The van der Waals surface area contributed by atoms with Gasteiger partial charge in [0.05, 0.1) is 18.2 Å². The lowest BCUT2D eigenvalue weighted by Crippen LogP contribution is -1.97. The van der Waals surface area contributed by atoms with E-state index in [1.807, 2.05) is 30.3 Å². The normalized spacial score (nSPS) is 10.7. The van der Waals surface area contributed by atoms with E-state index in [1.54, 1.807) is 19.2 Å². The van der Waals surface area contributed by atoms with Crippen molar-refractivity contribution in [3.05, 3.63) is 59.4 Å². The van der Waals surface area contributed by atoms with Crippen molar-refractivity contribution in [2.75, 3.05) is 7.11 Å². The smallest absolute Gasteiger partial charge is 0.337 e. The molecule has 0 aliphatic rings. The molecule has 0 radical (unpaired) electrons. The summed E-state index contributed by atoms with van der Waals surface area (Å²) in [4.78, 5) is 18.8. The van der Waals surface area contributed by atoms with Gasteiger partial charge in [-0.15, -0.1) is 0 Å². The molecular formula is C16H14N2O3. The number of carboxylic acid groups (broad SMARTS) is 1. The molecule has 21 heavy (non-hydrogen) atoms. The van der Waals surface area contributed by atoms with Crippen LogP contribution >= 0.6 is 0 Å². The van der Waals surface area contributed by atoms with E-state index in [9.17, 15) is 9.90 Å². The number of rotatable bonds is 4. The van der Waals surface area contributed by atoms with E-state index in [2.05, 4.69) is 9.97 Å². The maximum atomic E-state index is 11.2. The molecule has 106 valence electrons. The first kappa shape index (κ1) is 13.2. The molecule has 3 aromatic rings. The highest BCUT2D eigenvalue weighted by molar-refractivity contribution is 6.00. The van der Waals surface area contributed by atoms with E-state index in [0.29, 0.717) is 17.8 Å². The van der Waals surface area contributed by atoms with Crippen molar-refractivity contribution in [2.24, 2.45) is 0 Å². The number of aromatic carboxylic acids is 1. The summed E-state index contributed by atoms with van der Waals surface area (Å²) in [6, 6.07) is 12.8. The van der Waals surface area contributed by atoms with Gasteiger partial charge in [-0.2, -0.15) is 0 Å². The number of aromatic amines is 1. The second kappa shape index (κ2) is 5.28. The number of aromatic nitrogens is 2. The predicted molar refractivity (Wildman–Crippen MR) is 78.9 cm³/mol. The van der Waals surface area contributed by atoms with Crippen LogP contribution in [0.4, 0.5) is 0 Å². The van der Waals surface area contributed by atoms with Crippen LogP contribution in [0.2, 0.25) is 0 Å². The van der Waals surface area contributed by atoms with Crippen molar-refractivity contribution in [1.82, 2.24) is 9.97 Å². The van der Waals surface area contributed by atoms with Crippen molar-refractivity contribution >= 4 is 17.0 Å². The molecule has 0 atom stereocenters. The third-order valence-electron chi connectivity index (χ3n) is 3.34. The van der Waals surface area contributed by atoms with Crippen molar-refractivity contribution in [1.29, 1.82) is 0 Å². The number of para-hydroxylation sites is 2. The highest BCUT2D eigenvalue weighted by Crippen LogP contribution is 2.22. The molecule has 2 aromatic carbocycles. The van der Waals surface area contributed by atoms with Gasteiger partial charge in [0, 0.05) is 12.0 Å². The minimum Gasteiger partial charge on any atom is -0.496 e. The van der Waals surface area contributed by atoms with Crippen molar-refractivity contribution < 1.29 is 14.6 Å². The van der Waals surface area contributed by atoms with Gasteiger partial charge in [0.2, 0.25) is 0 Å². The van der Waals surface area contributed by atoms with Crippen LogP contribution in [0.15, 0.2) is 42.5 Å². The molecule has 0 bridgehead atoms. The van der Waals surface area contributed by atoms with Crippen LogP contribution < -0.4 is 4.74 Å². The van der Waals surface area contributed by atoms with Gasteiger partial charge in [-0.1, -0.05) is 24.3 Å². The van der Waals surface area contributed by atoms with Crippen LogP contribution in [0.1, 0.15) is 21.7 Å². The second-order valence-electron chi connectivity index (χ2n) is 4.68. The van der Waals surface area contributed by atoms with Crippen LogP contribution in [0.5, 0.6) is 5.75 Å². The first-order chi connectivity index (χ1) is 10.2. The molecule has 0 saturated heterocycles. The third kappa shape index (κ3) is 2.45. The average molecular weight is 282 g/mol. The first-order valence-electron chi connectivity index (χ1n) is 6.52. The number of carbonyl (C=O) groups is 1. The number of carboxylic acids is 1. The van der Waals surface area contributed by atoms with E-state index in [1.165, 1.54) is 0 Å². The molecule has 5 nitrogen and oxygen atoms in total. The molecular weight excluding hydrogens is 268 g/mol. The standard InChI is InChI=1S/C16H14N2O3/c1-21-13-8-3-2-5-10(13)9-14-17-12-7-4-6-11(16(19)20)15(12)18-14/h2-8H,9H2,1H3,(H,17,18)(H,19,20). The Morgan fingerprint density at radius 2 is 2.05 bits per heavy atom. The Kier molecular flexibility index (Phi) is 3.31. The summed E-state index contributed by atoms with van der Waals surface area (Å²) >= 11 is 0. The number of ether oxygens (including phenoxy) is 1. The molecule has 0 unspecified atom stereocenters. The number of fused-ring (bicyclic) bond motifs is 1. The topological polar surface area (TPSA) is 75.2 Å². The molecule has 5 heteroatoms. The van der Waals surface area contributed by atoms with Crippen LogP contribution in [0.25, 0.3) is 11.0 Å². The Hall–Kier alpha value is -2.82. The number of methoxy groups -OCH3 is 1. The van der Waals surface area contributed by atoms with Crippen LogP contribution in [0.3, 0.4) is 0 Å². The molecule has 0 fully saturated rings. The second-order valence-corrected chi connectivity index (χ2v) is 4.68. The molecule has 0 saturated carbocycles. The first-order valence-corrected chi connectivity index (χ1v) is 6.52. The van der Waals surface area contributed by atoms with E-state index in [0.717, 1.165) is 16.8 Å². The fourth-order valence-electron chi connectivity index (χ4n) is 2.37. The number of H-pyrrole nitrogens is 1. The third-order valence-corrected chi connectivity index (χ3v) is 3.34. The van der Waals surface area contributed by atoms with Crippen molar-refractivity contribution in [3.8, 4) is 5.75 Å². The summed E-state index contributed by atoms with van der Waals surface area (Å²) in [6.45, 7) is 0. The highest BCUT2D eigenvalue weighted by Gasteiger charge is 2.13. The number of hydrogen-bond acceptors (Lipinski definition) is 3. The van der Waals surface area contributed by atoms with Crippen LogP contribution in [-0.2, 0) is 6.42 Å². The highest BCUT2D eigenvalue weighted by atomic mass is 16.5. The number of hydrogen-bond donors (Lipinski definition) is 2. The molecule has 0 aliphatic carbocycles. The fraction of sp³-hybridized carbons (Fsp3) is 0.125. The van der Waals surface area contributed by atoms with Crippen molar-refractivity contribution in [2.45, 2.75) is 6.42 Å². The molecule has 3 rings (SSSR count). The lowest BCUT2D eigenvalue weighted by molar-refractivity contribution is 0.0699. The quantitative estimate of drug-likeness (QED) is 0.771. The summed E-state index contributed by atoms with van der Waals surface area (Å²) in [7, 11) is 1.63. The Balaban J connectivity index is 2.02. The SMILES string of the molecule is COc1ccccc1Cc1nc2c(C(=O)O)cccc2[nH]1. The maximum absolute atomic E-state index is 11.2. The van der Waals surface area contributed by atoms with Gasteiger partial charge in [0.1, 0.15) is 17.1 Å². The Morgan fingerprint density at radius 1 is 1.24 bits per heavy atom. The zero-order valence-electron chi connectivity index (χ0n) is 11.5. The number of imidazole rings is 1. The molecule has 2 N–H and O–H groups in total. The number of nitrogens with zero attached hydrogens (tertiary/aromatic N) is 1. The zero-order valence-corrected chi connectivity index (χ0v) is 11.5. The predicted octanol–water partition coefficient (Wildman–Crippen LogP) is 2.86. The summed E-state index contributed by atoms with van der Waals surface area (Å²) < 4.78 is 5.32. The van der Waals surface area contributed by atoms with Gasteiger partial charge in [0.25, 0.3) is 0 Å². The van der Waals surface area contributed by atoms with E-state index in [4.69, 9.17) is 4.74 Å². The minimum atomic E-state index is -0.976. The lowest BCUT2D eigenvalue weighted by Gasteiger charge is -2.05. The minimum absolute atomic E-state index is 0.204. The summed E-state index contributed by atoms with van der Waals surface area (Å²) in [5, 5.41) is 9.19. The Morgan fingerprint density at radius 3 is 2.81 bits per heavy atom. The number of benzene rings is 2. The van der Waals surface area contributed by atoms with Gasteiger partial charge in [-0.3, -0.25) is 0 Å². The summed E-state index contributed by atoms with van der Waals surface area (Å²) in [6.07, 6.45) is 0.553. The van der Waals surface area contributed by atoms with E-state index < -0.39 is 5.97 Å². The van der Waals surface area contributed by atoms with Gasteiger partial charge in [-0.25, -0.2) is 9.78 Å². The molecule has 1 heterocycles. The molecule has 0 aliphatic heterocycles. The lowest BCUT2D eigenvalue weighted by atomic mass is 10.1. The summed E-state index contributed by atoms with van der Waals surface area (Å²) in [5.74, 6) is 0.524. The van der Waals surface area contributed by atoms with Crippen LogP contribution in [-0.4, -0.2) is 28.2 Å². The maximum Gasteiger partial charge on any atom is 0.337 e. The Bertz CT molecular complexity index is 808. The average Bonchev–Trinajstić information content (AvgIpc) is 2.89. The van der Waals surface area contributed by atoms with E-state index >= 15 is 0 Å².